The van der Waals surface area contributed by atoms with E-state index in [1.807, 2.05) is 0 Å². The average Bonchev–Trinajstić information content (AvgIpc) is 2.72. The highest BCUT2D eigenvalue weighted by Gasteiger charge is 2.43. The van der Waals surface area contributed by atoms with Crippen molar-refractivity contribution < 1.29 is 18.0 Å². The van der Waals surface area contributed by atoms with Gasteiger partial charge in [0.15, 0.2) is 0 Å². The summed E-state index contributed by atoms with van der Waals surface area (Å²) < 4.78 is 26.1. The molecule has 0 saturated carbocycles. The summed E-state index contributed by atoms with van der Waals surface area (Å²) in [5.74, 6) is -0.794. The minimum Gasteiger partial charge on any atom is -0.337 e. The zero-order valence-corrected chi connectivity index (χ0v) is 14.5. The molecule has 0 radical (unpaired) electrons. The van der Waals surface area contributed by atoms with Crippen LogP contribution in [-0.4, -0.2) is 54.6 Å². The lowest BCUT2D eigenvalue weighted by atomic mass is 10.0. The van der Waals surface area contributed by atoms with E-state index in [0.29, 0.717) is 13.1 Å². The number of sulfonamides is 1. The third kappa shape index (κ3) is 2.59. The fraction of sp³-hybridized carbons (Fsp3) is 0.500. The Morgan fingerprint density at radius 1 is 1.33 bits per heavy atom. The first kappa shape index (κ1) is 16.9. The van der Waals surface area contributed by atoms with Crippen molar-refractivity contribution in [1.82, 2.24) is 9.21 Å². The van der Waals surface area contributed by atoms with Gasteiger partial charge >= 0.3 is 0 Å². The molecule has 2 heterocycles. The van der Waals surface area contributed by atoms with Crippen LogP contribution in [0.15, 0.2) is 23.1 Å². The van der Waals surface area contributed by atoms with Gasteiger partial charge in [-0.2, -0.15) is 0 Å². The summed E-state index contributed by atoms with van der Waals surface area (Å²) in [5.41, 5.74) is 6.29. The molecular weight excluding hydrogens is 330 g/mol. The summed E-state index contributed by atoms with van der Waals surface area (Å²) in [6.45, 7) is 4.35. The van der Waals surface area contributed by atoms with Crippen molar-refractivity contribution in [2.24, 2.45) is 5.73 Å². The van der Waals surface area contributed by atoms with Crippen molar-refractivity contribution >= 4 is 21.8 Å². The Labute approximate surface area is 141 Å². The predicted molar refractivity (Wildman–Crippen MR) is 88.0 cm³/mol. The molecule has 2 N–H and O–H groups in total. The van der Waals surface area contributed by atoms with Gasteiger partial charge in [-0.15, -0.1) is 0 Å². The van der Waals surface area contributed by atoms with Crippen LogP contribution in [0, 0.1) is 0 Å². The Kier molecular flexibility index (Phi) is 4.13. The smallest absolute Gasteiger partial charge is 0.269 e. The third-order valence-electron chi connectivity index (χ3n) is 4.41. The second-order valence-electron chi connectivity index (χ2n) is 6.56. The fourth-order valence-electron chi connectivity index (χ4n) is 3.27. The molecule has 3 rings (SSSR count). The molecule has 24 heavy (non-hydrogen) atoms. The molecule has 1 unspecified atom stereocenters. The highest BCUT2D eigenvalue weighted by Crippen LogP contribution is 2.33. The molecule has 0 spiro atoms. The lowest BCUT2D eigenvalue weighted by Gasteiger charge is -2.30. The molecule has 8 heteroatoms. The second kappa shape index (κ2) is 5.86. The van der Waals surface area contributed by atoms with E-state index in [-0.39, 0.29) is 28.0 Å². The van der Waals surface area contributed by atoms with Gasteiger partial charge in [-0.1, -0.05) is 0 Å². The SMILES string of the molecule is CC(C)N1C(=O)c2ccc(C(=O)N3CCCC(N)C3)cc2S1(=O)=O. The lowest BCUT2D eigenvalue weighted by molar-refractivity contribution is 0.0707. The second-order valence-corrected chi connectivity index (χ2v) is 8.35. The third-order valence-corrected chi connectivity index (χ3v) is 6.41. The monoisotopic (exact) mass is 351 g/mol. The first-order chi connectivity index (χ1) is 11.2. The summed E-state index contributed by atoms with van der Waals surface area (Å²) in [6.07, 6.45) is 1.70. The molecular formula is C16H21N3O4S. The zero-order valence-electron chi connectivity index (χ0n) is 13.7. The molecule has 0 bridgehead atoms. The summed E-state index contributed by atoms with van der Waals surface area (Å²) in [6, 6.07) is 3.72. The quantitative estimate of drug-likeness (QED) is 0.849. The standard InChI is InChI=1S/C16H21N3O4S/c1-10(2)19-16(21)13-6-5-11(8-14(13)24(19,22)23)15(20)18-7-3-4-12(17)9-18/h5-6,8,10,12H,3-4,7,9,17H2,1-2H3. The molecule has 1 fully saturated rings. The number of fused-ring (bicyclic) bond motifs is 1. The minimum atomic E-state index is -3.90. The Hall–Kier alpha value is -1.93. The molecule has 7 nitrogen and oxygen atoms in total. The number of carbonyl (C=O) groups is 2. The first-order valence-electron chi connectivity index (χ1n) is 8.01. The molecule has 1 saturated heterocycles. The van der Waals surface area contributed by atoms with Crippen LogP contribution in [0.25, 0.3) is 0 Å². The summed E-state index contributed by atoms with van der Waals surface area (Å²) in [4.78, 5) is 26.5. The van der Waals surface area contributed by atoms with Crippen molar-refractivity contribution in [1.29, 1.82) is 0 Å². The first-order valence-corrected chi connectivity index (χ1v) is 9.45. The number of hydrogen-bond acceptors (Lipinski definition) is 5. The van der Waals surface area contributed by atoms with E-state index >= 15 is 0 Å². The Balaban J connectivity index is 1.97. The summed E-state index contributed by atoms with van der Waals surface area (Å²) >= 11 is 0. The largest absolute Gasteiger partial charge is 0.337 e. The van der Waals surface area contributed by atoms with E-state index in [1.165, 1.54) is 18.2 Å². The zero-order chi connectivity index (χ0) is 17.6. The Morgan fingerprint density at radius 3 is 2.67 bits per heavy atom. The highest BCUT2D eigenvalue weighted by molar-refractivity contribution is 7.90. The maximum absolute atomic E-state index is 12.6. The van der Waals surface area contributed by atoms with Crippen LogP contribution < -0.4 is 5.73 Å². The number of hydrogen-bond donors (Lipinski definition) is 1. The molecule has 2 aliphatic heterocycles. The van der Waals surface area contributed by atoms with Crippen molar-refractivity contribution in [3.8, 4) is 0 Å². The maximum atomic E-state index is 12.6. The van der Waals surface area contributed by atoms with E-state index in [1.54, 1.807) is 18.7 Å². The van der Waals surface area contributed by atoms with E-state index in [0.717, 1.165) is 17.1 Å². The molecule has 0 aliphatic carbocycles. The van der Waals surface area contributed by atoms with Gasteiger partial charge < -0.3 is 10.6 Å². The van der Waals surface area contributed by atoms with Crippen molar-refractivity contribution in [2.45, 2.75) is 43.7 Å². The van der Waals surface area contributed by atoms with Crippen LogP contribution in [0.3, 0.4) is 0 Å². The van der Waals surface area contributed by atoms with Crippen LogP contribution in [0.4, 0.5) is 0 Å². The van der Waals surface area contributed by atoms with E-state index in [9.17, 15) is 18.0 Å². The van der Waals surface area contributed by atoms with Crippen LogP contribution >= 0.6 is 0 Å². The number of rotatable bonds is 2. The van der Waals surface area contributed by atoms with Crippen LogP contribution in [0.2, 0.25) is 0 Å². The van der Waals surface area contributed by atoms with Gasteiger partial charge in [0.05, 0.1) is 5.56 Å². The van der Waals surface area contributed by atoms with Gasteiger partial charge in [-0.05, 0) is 44.9 Å². The Morgan fingerprint density at radius 2 is 2.04 bits per heavy atom. The van der Waals surface area contributed by atoms with Crippen molar-refractivity contribution in [3.05, 3.63) is 29.3 Å². The molecule has 1 aromatic rings. The van der Waals surface area contributed by atoms with Crippen LogP contribution in [0.5, 0.6) is 0 Å². The number of carbonyl (C=O) groups excluding carboxylic acids is 2. The van der Waals surface area contributed by atoms with Gasteiger partial charge in [-0.3, -0.25) is 9.59 Å². The highest BCUT2D eigenvalue weighted by atomic mass is 32.2. The normalized spacial score (nSPS) is 22.8. The molecule has 130 valence electrons. The molecule has 2 aliphatic rings. The van der Waals surface area contributed by atoms with E-state index < -0.39 is 22.0 Å². The van der Waals surface area contributed by atoms with E-state index in [2.05, 4.69) is 0 Å². The molecule has 2 amide bonds. The lowest BCUT2D eigenvalue weighted by Crippen LogP contribution is -2.45. The average molecular weight is 351 g/mol. The number of benzene rings is 1. The van der Waals surface area contributed by atoms with Gasteiger partial charge in [0.25, 0.3) is 21.8 Å². The van der Waals surface area contributed by atoms with Crippen LogP contribution in [0.1, 0.15) is 47.4 Å². The minimum absolute atomic E-state index is 0.0566. The molecule has 1 aromatic carbocycles. The topological polar surface area (TPSA) is 101 Å². The van der Waals surface area contributed by atoms with Crippen molar-refractivity contribution in [3.63, 3.8) is 0 Å². The van der Waals surface area contributed by atoms with E-state index in [4.69, 9.17) is 5.73 Å². The number of piperidine rings is 1. The number of nitrogens with two attached hydrogens (primary N) is 1. The number of likely N-dealkylation sites (tertiary alicyclic amines) is 1. The van der Waals surface area contributed by atoms with Gasteiger partial charge in [-0.25, -0.2) is 12.7 Å². The number of amides is 2. The summed E-state index contributed by atoms with van der Waals surface area (Å²) in [7, 11) is -3.90. The van der Waals surface area contributed by atoms with Crippen LogP contribution in [-0.2, 0) is 10.0 Å². The van der Waals surface area contributed by atoms with Gasteiger partial charge in [0, 0.05) is 30.7 Å². The maximum Gasteiger partial charge on any atom is 0.269 e. The molecule has 0 aromatic heterocycles. The van der Waals surface area contributed by atoms with Gasteiger partial charge in [0.1, 0.15) is 4.90 Å². The predicted octanol–water partition coefficient (Wildman–Crippen LogP) is 0.803. The fourth-order valence-corrected chi connectivity index (χ4v) is 5.06. The number of nitrogens with zero attached hydrogens (tertiary/aromatic N) is 2. The molecule has 1 atom stereocenters. The Bertz CT molecular complexity index is 804. The van der Waals surface area contributed by atoms with Crippen molar-refractivity contribution in [2.75, 3.05) is 13.1 Å². The van der Waals surface area contributed by atoms with Gasteiger partial charge in [0.2, 0.25) is 0 Å². The summed E-state index contributed by atoms with van der Waals surface area (Å²) in [5, 5.41) is 0.